The molecule has 0 aromatic heterocycles. The lowest BCUT2D eigenvalue weighted by Gasteiger charge is -2.11. The fourth-order valence-electron chi connectivity index (χ4n) is 3.31. The van der Waals surface area contributed by atoms with Crippen LogP contribution in [0.25, 0.3) is 11.1 Å². The number of ether oxygens (including phenoxy) is 1. The van der Waals surface area contributed by atoms with Gasteiger partial charge in [-0.05, 0) is 41.9 Å². The van der Waals surface area contributed by atoms with Gasteiger partial charge in [0.25, 0.3) is 0 Å². The first-order valence-corrected chi connectivity index (χ1v) is 7.18. The van der Waals surface area contributed by atoms with Crippen LogP contribution in [-0.2, 0) is 11.2 Å². The highest BCUT2D eigenvalue weighted by Crippen LogP contribution is 2.43. The van der Waals surface area contributed by atoms with E-state index in [1.807, 2.05) is 0 Å². The van der Waals surface area contributed by atoms with Crippen molar-refractivity contribution in [1.82, 2.24) is 0 Å². The molecule has 2 fully saturated rings. The number of fused-ring (bicyclic) bond motifs is 1. The Balaban J connectivity index is 1.47. The first-order chi connectivity index (χ1) is 9.38. The number of epoxide rings is 1. The van der Waals surface area contributed by atoms with Crippen LogP contribution in [0.5, 0.6) is 0 Å². The van der Waals surface area contributed by atoms with Gasteiger partial charge in [0.15, 0.2) is 0 Å². The number of benzene rings is 2. The maximum atomic E-state index is 5.50. The highest BCUT2D eigenvalue weighted by molar-refractivity contribution is 5.63. The van der Waals surface area contributed by atoms with E-state index in [0.717, 1.165) is 5.92 Å². The van der Waals surface area contributed by atoms with Gasteiger partial charge in [0, 0.05) is 0 Å². The minimum atomic E-state index is 0.605. The van der Waals surface area contributed by atoms with E-state index in [9.17, 15) is 0 Å². The van der Waals surface area contributed by atoms with Crippen LogP contribution in [-0.4, -0.2) is 12.2 Å². The average molecular weight is 250 g/mol. The van der Waals surface area contributed by atoms with Gasteiger partial charge in [0.2, 0.25) is 0 Å². The van der Waals surface area contributed by atoms with Crippen LogP contribution in [0, 0.1) is 5.92 Å². The molecular formula is C18H18O. The quantitative estimate of drug-likeness (QED) is 0.748. The van der Waals surface area contributed by atoms with Crippen LogP contribution in [0.3, 0.4) is 0 Å². The monoisotopic (exact) mass is 250 g/mol. The predicted molar refractivity (Wildman–Crippen MR) is 77.0 cm³/mol. The summed E-state index contributed by atoms with van der Waals surface area (Å²) in [5, 5.41) is 0. The lowest BCUT2D eigenvalue weighted by molar-refractivity contribution is 0.272. The summed E-state index contributed by atoms with van der Waals surface area (Å²) in [4.78, 5) is 0. The van der Waals surface area contributed by atoms with Gasteiger partial charge in [-0.25, -0.2) is 0 Å². The van der Waals surface area contributed by atoms with Gasteiger partial charge in [0.05, 0.1) is 12.2 Å². The van der Waals surface area contributed by atoms with Crippen LogP contribution in [0.15, 0.2) is 54.6 Å². The molecule has 96 valence electrons. The minimum Gasteiger partial charge on any atom is -0.370 e. The van der Waals surface area contributed by atoms with Gasteiger partial charge in [-0.1, -0.05) is 54.6 Å². The fourth-order valence-corrected chi connectivity index (χ4v) is 3.31. The molecule has 1 aliphatic carbocycles. The Labute approximate surface area is 114 Å². The van der Waals surface area contributed by atoms with Gasteiger partial charge in [-0.15, -0.1) is 0 Å². The summed E-state index contributed by atoms with van der Waals surface area (Å²) < 4.78 is 5.50. The van der Waals surface area contributed by atoms with Crippen molar-refractivity contribution in [3.63, 3.8) is 0 Å². The topological polar surface area (TPSA) is 12.5 Å². The third-order valence-corrected chi connectivity index (χ3v) is 4.40. The van der Waals surface area contributed by atoms with Gasteiger partial charge in [-0.2, -0.15) is 0 Å². The molecule has 2 aromatic rings. The highest BCUT2D eigenvalue weighted by atomic mass is 16.6. The maximum Gasteiger partial charge on any atom is 0.0844 e. The molecule has 0 radical (unpaired) electrons. The molecule has 2 unspecified atom stereocenters. The van der Waals surface area contributed by atoms with Crippen molar-refractivity contribution in [2.75, 3.05) is 0 Å². The van der Waals surface area contributed by atoms with E-state index in [4.69, 9.17) is 4.74 Å². The van der Waals surface area contributed by atoms with E-state index >= 15 is 0 Å². The SMILES string of the molecule is c1ccc(-c2ccc(CC3CC4OC4C3)cc2)cc1. The summed E-state index contributed by atoms with van der Waals surface area (Å²) in [5.41, 5.74) is 4.07. The lowest BCUT2D eigenvalue weighted by Crippen LogP contribution is -2.03. The summed E-state index contributed by atoms with van der Waals surface area (Å²) in [5.74, 6) is 0.839. The Morgan fingerprint density at radius 2 is 1.42 bits per heavy atom. The molecule has 1 heteroatoms. The van der Waals surface area contributed by atoms with Crippen molar-refractivity contribution in [1.29, 1.82) is 0 Å². The molecule has 4 rings (SSSR count). The van der Waals surface area contributed by atoms with Crippen molar-refractivity contribution in [2.24, 2.45) is 5.92 Å². The number of rotatable bonds is 3. The summed E-state index contributed by atoms with van der Waals surface area (Å²) in [6.45, 7) is 0. The highest BCUT2D eigenvalue weighted by Gasteiger charge is 2.47. The molecule has 1 saturated heterocycles. The molecule has 2 atom stereocenters. The molecule has 0 bridgehead atoms. The van der Waals surface area contributed by atoms with Gasteiger partial charge in [-0.3, -0.25) is 0 Å². The Morgan fingerprint density at radius 1 is 0.789 bits per heavy atom. The lowest BCUT2D eigenvalue weighted by atomic mass is 9.95. The first kappa shape index (κ1) is 11.2. The van der Waals surface area contributed by atoms with Gasteiger partial charge < -0.3 is 4.74 Å². The third-order valence-electron chi connectivity index (χ3n) is 4.40. The Morgan fingerprint density at radius 3 is 2.11 bits per heavy atom. The molecule has 1 saturated carbocycles. The molecule has 2 aliphatic rings. The third kappa shape index (κ3) is 2.31. The van der Waals surface area contributed by atoms with E-state index in [1.165, 1.54) is 36.0 Å². The van der Waals surface area contributed by atoms with Crippen molar-refractivity contribution < 1.29 is 4.74 Å². The van der Waals surface area contributed by atoms with Crippen LogP contribution in [0.4, 0.5) is 0 Å². The molecule has 0 N–H and O–H groups in total. The molecule has 0 amide bonds. The summed E-state index contributed by atoms with van der Waals surface area (Å²) in [7, 11) is 0. The Hall–Kier alpha value is -1.60. The molecule has 1 heterocycles. The standard InChI is InChI=1S/C18H18O/c1-2-4-15(5-3-1)16-8-6-13(7-9-16)10-14-11-17-18(12-14)19-17/h1-9,14,17-18H,10-12H2. The zero-order chi connectivity index (χ0) is 12.7. The first-order valence-electron chi connectivity index (χ1n) is 7.18. The number of hydrogen-bond donors (Lipinski definition) is 0. The number of hydrogen-bond acceptors (Lipinski definition) is 1. The second kappa shape index (κ2) is 4.50. The van der Waals surface area contributed by atoms with E-state index in [-0.39, 0.29) is 0 Å². The molecule has 1 nitrogen and oxygen atoms in total. The van der Waals surface area contributed by atoms with Crippen molar-refractivity contribution >= 4 is 0 Å². The summed E-state index contributed by atoms with van der Waals surface area (Å²) in [6.07, 6.45) is 4.96. The van der Waals surface area contributed by atoms with Gasteiger partial charge in [0.1, 0.15) is 0 Å². The van der Waals surface area contributed by atoms with Crippen molar-refractivity contribution in [2.45, 2.75) is 31.5 Å². The smallest absolute Gasteiger partial charge is 0.0844 e. The molecule has 0 spiro atoms. The molecule has 2 aromatic carbocycles. The normalized spacial score (nSPS) is 28.1. The van der Waals surface area contributed by atoms with Crippen LogP contribution in [0.1, 0.15) is 18.4 Å². The maximum absolute atomic E-state index is 5.50. The van der Waals surface area contributed by atoms with Gasteiger partial charge >= 0.3 is 0 Å². The Bertz CT molecular complexity index is 548. The van der Waals surface area contributed by atoms with Crippen LogP contribution in [0.2, 0.25) is 0 Å². The molecule has 1 aliphatic heterocycles. The average Bonchev–Trinajstić information content (AvgIpc) is 3.08. The van der Waals surface area contributed by atoms with E-state index in [1.54, 1.807) is 0 Å². The van der Waals surface area contributed by atoms with E-state index in [0.29, 0.717) is 12.2 Å². The van der Waals surface area contributed by atoms with Crippen molar-refractivity contribution in [3.05, 3.63) is 60.2 Å². The van der Waals surface area contributed by atoms with E-state index in [2.05, 4.69) is 54.6 Å². The zero-order valence-corrected chi connectivity index (χ0v) is 11.0. The second-order valence-corrected chi connectivity index (χ2v) is 5.82. The van der Waals surface area contributed by atoms with Crippen molar-refractivity contribution in [3.8, 4) is 11.1 Å². The van der Waals surface area contributed by atoms with Crippen LogP contribution >= 0.6 is 0 Å². The Kier molecular flexibility index (Phi) is 2.66. The molecular weight excluding hydrogens is 232 g/mol. The summed E-state index contributed by atoms with van der Waals surface area (Å²) >= 11 is 0. The fraction of sp³-hybridized carbons (Fsp3) is 0.333. The summed E-state index contributed by atoms with van der Waals surface area (Å²) in [6, 6.07) is 19.6. The largest absolute Gasteiger partial charge is 0.370 e. The zero-order valence-electron chi connectivity index (χ0n) is 11.0. The molecule has 19 heavy (non-hydrogen) atoms. The van der Waals surface area contributed by atoms with E-state index < -0.39 is 0 Å². The minimum absolute atomic E-state index is 0.605. The second-order valence-electron chi connectivity index (χ2n) is 5.82. The van der Waals surface area contributed by atoms with Crippen LogP contribution < -0.4 is 0 Å². The predicted octanol–water partition coefficient (Wildman–Crippen LogP) is 4.07.